The Hall–Kier alpha value is -0.730. The molecule has 0 spiro atoms. The average molecular weight is 342 g/mol. The highest BCUT2D eigenvalue weighted by atomic mass is 16.5. The summed E-state index contributed by atoms with van der Waals surface area (Å²) < 4.78 is 4.91. The molecule has 0 saturated carbocycles. The molecule has 11 heteroatoms. The standard InChI is InChI=1S/C12H22O11/c13-1-3(15)5(16)7(18)9(20)11(22)12-10(21)8(19)6(17)4(2-14)23-12/h3-10,12-21H,1-2H2/t3?,4-,5?,6-,7?,8+,9?,10-,12?/m1/s1. The van der Waals surface area contributed by atoms with Crippen molar-refractivity contribution in [3.63, 3.8) is 0 Å². The van der Waals surface area contributed by atoms with E-state index in [-0.39, 0.29) is 0 Å². The van der Waals surface area contributed by atoms with Crippen LogP contribution in [0.4, 0.5) is 0 Å². The Bertz CT molecular complexity index is 389. The van der Waals surface area contributed by atoms with E-state index in [0.717, 1.165) is 0 Å². The number of ether oxygens (including phenoxy) is 1. The summed E-state index contributed by atoms with van der Waals surface area (Å²) in [6.45, 7) is -1.74. The van der Waals surface area contributed by atoms with Gasteiger partial charge in [0.25, 0.3) is 0 Å². The topological polar surface area (TPSA) is 208 Å². The average Bonchev–Trinajstić information content (AvgIpc) is 2.56. The monoisotopic (exact) mass is 342 g/mol. The van der Waals surface area contributed by atoms with Crippen molar-refractivity contribution in [1.82, 2.24) is 0 Å². The number of carbonyl (C=O) groups excluding carboxylic acids is 1. The van der Waals surface area contributed by atoms with Gasteiger partial charge >= 0.3 is 0 Å². The van der Waals surface area contributed by atoms with Crippen LogP contribution in [0.25, 0.3) is 0 Å². The van der Waals surface area contributed by atoms with Crippen LogP contribution in [-0.4, -0.2) is 120 Å². The third kappa shape index (κ3) is 4.22. The second-order valence-corrected chi connectivity index (χ2v) is 5.33. The number of aliphatic hydroxyl groups is 9. The van der Waals surface area contributed by atoms with Crippen LogP contribution in [0.1, 0.15) is 0 Å². The Kier molecular flexibility index (Phi) is 7.41. The molecule has 9 N–H and O–H groups in total. The molecule has 1 aliphatic heterocycles. The van der Waals surface area contributed by atoms with Crippen LogP contribution in [0.5, 0.6) is 0 Å². The Morgan fingerprint density at radius 2 is 1.48 bits per heavy atom. The van der Waals surface area contributed by atoms with Gasteiger partial charge in [0.1, 0.15) is 54.9 Å². The fourth-order valence-corrected chi connectivity index (χ4v) is 2.20. The molecule has 0 bridgehead atoms. The van der Waals surface area contributed by atoms with Crippen molar-refractivity contribution in [1.29, 1.82) is 0 Å². The first-order chi connectivity index (χ1) is 10.7. The van der Waals surface area contributed by atoms with Gasteiger partial charge in [0.2, 0.25) is 0 Å². The fourth-order valence-electron chi connectivity index (χ4n) is 2.20. The molecule has 0 aromatic carbocycles. The molecule has 1 aliphatic rings. The van der Waals surface area contributed by atoms with Crippen molar-refractivity contribution < 1.29 is 55.5 Å². The van der Waals surface area contributed by atoms with Gasteiger partial charge in [0, 0.05) is 0 Å². The predicted octanol–water partition coefficient (Wildman–Crippen LogP) is -6.17. The van der Waals surface area contributed by atoms with E-state index < -0.39 is 73.9 Å². The second kappa shape index (κ2) is 8.39. The van der Waals surface area contributed by atoms with Crippen molar-refractivity contribution in [2.75, 3.05) is 13.2 Å². The van der Waals surface area contributed by atoms with Crippen molar-refractivity contribution in [2.24, 2.45) is 0 Å². The van der Waals surface area contributed by atoms with E-state index in [2.05, 4.69) is 0 Å². The molecule has 1 rings (SSSR count). The molecule has 5 unspecified atom stereocenters. The maximum atomic E-state index is 12.1. The van der Waals surface area contributed by atoms with Crippen molar-refractivity contribution >= 4 is 5.78 Å². The molecule has 0 aromatic heterocycles. The lowest BCUT2D eigenvalue weighted by molar-refractivity contribution is -0.231. The number of hydrogen-bond acceptors (Lipinski definition) is 11. The molecular weight excluding hydrogens is 320 g/mol. The lowest BCUT2D eigenvalue weighted by Gasteiger charge is -2.40. The van der Waals surface area contributed by atoms with Gasteiger partial charge in [-0.3, -0.25) is 4.79 Å². The van der Waals surface area contributed by atoms with Gasteiger partial charge in [-0.15, -0.1) is 0 Å². The maximum absolute atomic E-state index is 12.1. The Morgan fingerprint density at radius 3 is 1.96 bits per heavy atom. The van der Waals surface area contributed by atoms with Gasteiger partial charge in [-0.1, -0.05) is 0 Å². The van der Waals surface area contributed by atoms with Gasteiger partial charge in [0.05, 0.1) is 13.2 Å². The van der Waals surface area contributed by atoms with Crippen LogP contribution in [0.15, 0.2) is 0 Å². The van der Waals surface area contributed by atoms with Crippen LogP contribution < -0.4 is 0 Å². The molecule has 1 heterocycles. The number of carbonyl (C=O) groups is 1. The predicted molar refractivity (Wildman–Crippen MR) is 69.9 cm³/mol. The first-order valence-corrected chi connectivity index (χ1v) is 6.84. The summed E-state index contributed by atoms with van der Waals surface area (Å²) in [5.74, 6) is -1.35. The minimum absolute atomic E-state index is 0.792. The van der Waals surface area contributed by atoms with Gasteiger partial charge < -0.3 is 50.7 Å². The van der Waals surface area contributed by atoms with Crippen LogP contribution in [0, 0.1) is 0 Å². The summed E-state index contributed by atoms with van der Waals surface area (Å²) in [4.78, 5) is 12.1. The minimum Gasteiger partial charge on any atom is -0.394 e. The van der Waals surface area contributed by atoms with Crippen LogP contribution in [-0.2, 0) is 9.53 Å². The van der Waals surface area contributed by atoms with Gasteiger partial charge in [-0.2, -0.15) is 0 Å². The highest BCUT2D eigenvalue weighted by Gasteiger charge is 2.49. The molecule has 0 aliphatic carbocycles. The zero-order valence-electron chi connectivity index (χ0n) is 12.0. The number of aliphatic hydroxyl groups excluding tert-OH is 9. The summed E-state index contributed by atoms with van der Waals surface area (Å²) >= 11 is 0. The number of hydrogen-bond donors (Lipinski definition) is 9. The summed E-state index contributed by atoms with van der Waals surface area (Å²) in [5.41, 5.74) is 0. The van der Waals surface area contributed by atoms with E-state index in [1.165, 1.54) is 0 Å². The maximum Gasteiger partial charge on any atom is 0.195 e. The van der Waals surface area contributed by atoms with E-state index in [0.29, 0.717) is 0 Å². The van der Waals surface area contributed by atoms with E-state index in [1.807, 2.05) is 0 Å². The molecule has 23 heavy (non-hydrogen) atoms. The molecule has 1 fully saturated rings. The zero-order chi connectivity index (χ0) is 17.9. The smallest absolute Gasteiger partial charge is 0.195 e. The minimum atomic E-state index is -2.33. The van der Waals surface area contributed by atoms with E-state index >= 15 is 0 Å². The summed E-state index contributed by atoms with van der Waals surface area (Å²) in [6, 6.07) is 0. The summed E-state index contributed by atoms with van der Waals surface area (Å²) in [5, 5.41) is 84.5. The number of ketones is 1. The molecule has 1 saturated heterocycles. The summed E-state index contributed by atoms with van der Waals surface area (Å²) in [7, 11) is 0. The second-order valence-electron chi connectivity index (χ2n) is 5.33. The highest BCUT2D eigenvalue weighted by molar-refractivity contribution is 5.88. The fraction of sp³-hybridized carbons (Fsp3) is 0.917. The number of Topliss-reactive ketones (excluding diaryl/α,β-unsaturated/α-hetero) is 1. The normalized spacial score (nSPS) is 37.0. The van der Waals surface area contributed by atoms with Crippen molar-refractivity contribution in [3.05, 3.63) is 0 Å². The Balaban J connectivity index is 2.85. The Labute approximate surface area is 130 Å². The molecule has 9 atom stereocenters. The van der Waals surface area contributed by atoms with Crippen LogP contribution in [0.3, 0.4) is 0 Å². The summed E-state index contributed by atoms with van der Waals surface area (Å²) in [6.07, 6.45) is -17.2. The lowest BCUT2D eigenvalue weighted by atomic mass is 9.89. The van der Waals surface area contributed by atoms with Crippen LogP contribution in [0.2, 0.25) is 0 Å². The zero-order valence-corrected chi connectivity index (χ0v) is 12.0. The van der Waals surface area contributed by atoms with Crippen LogP contribution >= 0.6 is 0 Å². The molecule has 0 radical (unpaired) electrons. The lowest BCUT2D eigenvalue weighted by Crippen LogP contribution is -2.63. The van der Waals surface area contributed by atoms with Gasteiger partial charge in [0.15, 0.2) is 5.78 Å². The first-order valence-electron chi connectivity index (χ1n) is 6.84. The first kappa shape index (κ1) is 20.3. The quantitative estimate of drug-likeness (QED) is 0.212. The SMILES string of the molecule is O=C(C(O)C(O)C(O)C(O)CO)C1O[C@H](CO)[C@@H](O)[C@H](O)[C@H]1O. The third-order valence-electron chi connectivity index (χ3n) is 3.72. The Morgan fingerprint density at radius 1 is 0.913 bits per heavy atom. The van der Waals surface area contributed by atoms with Crippen molar-refractivity contribution in [3.8, 4) is 0 Å². The van der Waals surface area contributed by atoms with E-state index in [1.54, 1.807) is 0 Å². The molecular formula is C12H22O11. The highest BCUT2D eigenvalue weighted by Crippen LogP contribution is 2.23. The van der Waals surface area contributed by atoms with E-state index in [9.17, 15) is 40.5 Å². The molecule has 0 aromatic rings. The number of rotatable bonds is 7. The largest absolute Gasteiger partial charge is 0.394 e. The van der Waals surface area contributed by atoms with Gasteiger partial charge in [-0.05, 0) is 0 Å². The molecule has 136 valence electrons. The van der Waals surface area contributed by atoms with Crippen molar-refractivity contribution in [2.45, 2.75) is 54.9 Å². The molecule has 11 nitrogen and oxygen atoms in total. The van der Waals surface area contributed by atoms with Gasteiger partial charge in [-0.25, -0.2) is 0 Å². The molecule has 0 amide bonds. The van der Waals surface area contributed by atoms with E-state index in [4.69, 9.17) is 14.9 Å². The third-order valence-corrected chi connectivity index (χ3v) is 3.72.